The van der Waals surface area contributed by atoms with Crippen LogP contribution in [0.3, 0.4) is 0 Å². The Balaban J connectivity index is 1.98. The lowest BCUT2D eigenvalue weighted by atomic mass is 9.76. The maximum absolute atomic E-state index is 11.7. The Morgan fingerprint density at radius 3 is 2.95 bits per heavy atom. The van der Waals surface area contributed by atoms with Gasteiger partial charge in [0.1, 0.15) is 12.1 Å². The zero-order valence-electron chi connectivity index (χ0n) is 11.5. The molecule has 3 rings (SSSR count). The summed E-state index contributed by atoms with van der Waals surface area (Å²) in [7, 11) is 0. The average molecular weight is 291 g/mol. The van der Waals surface area contributed by atoms with E-state index in [9.17, 15) is 9.90 Å². The van der Waals surface area contributed by atoms with E-state index in [1.807, 2.05) is 25.3 Å². The molecule has 0 radical (unpaired) electrons. The Hall–Kier alpha value is -1.69. The van der Waals surface area contributed by atoms with Crippen molar-refractivity contribution in [3.8, 4) is 0 Å². The van der Waals surface area contributed by atoms with Gasteiger partial charge < -0.3 is 10.0 Å². The number of carboxylic acids is 1. The number of anilines is 1. The summed E-state index contributed by atoms with van der Waals surface area (Å²) in [6.45, 7) is 5.22. The maximum atomic E-state index is 11.7. The molecule has 1 aliphatic rings. The molecule has 0 amide bonds. The molecule has 0 aliphatic carbocycles. The van der Waals surface area contributed by atoms with E-state index in [0.29, 0.717) is 13.0 Å². The number of nitrogens with zero attached hydrogens (tertiary/aromatic N) is 3. The van der Waals surface area contributed by atoms with Crippen molar-refractivity contribution in [3.63, 3.8) is 0 Å². The lowest BCUT2D eigenvalue weighted by Gasteiger charge is -2.29. The summed E-state index contributed by atoms with van der Waals surface area (Å²) in [4.78, 5) is 22.4. The van der Waals surface area contributed by atoms with Gasteiger partial charge in [0.25, 0.3) is 0 Å². The second kappa shape index (κ2) is 4.70. The number of thiophene rings is 1. The van der Waals surface area contributed by atoms with Crippen molar-refractivity contribution in [2.24, 2.45) is 11.3 Å². The lowest BCUT2D eigenvalue weighted by Crippen LogP contribution is -2.39. The number of hydrogen-bond donors (Lipinski definition) is 1. The Labute approximate surface area is 121 Å². The standard InChI is InChI=1S/C14H17N3O2S/c1-9(2)14(13(18)19)4-5-17(7-14)12-11-10(3-6-20-11)15-8-16-12/h3,6,8-9H,4-5,7H2,1-2H3,(H,18,19). The third kappa shape index (κ3) is 1.86. The molecular weight excluding hydrogens is 274 g/mol. The van der Waals surface area contributed by atoms with Crippen molar-refractivity contribution in [3.05, 3.63) is 17.8 Å². The molecule has 5 nitrogen and oxygen atoms in total. The fourth-order valence-electron chi connectivity index (χ4n) is 2.91. The fourth-order valence-corrected chi connectivity index (χ4v) is 3.77. The Morgan fingerprint density at radius 2 is 2.30 bits per heavy atom. The second-order valence-electron chi connectivity index (χ2n) is 5.62. The van der Waals surface area contributed by atoms with Crippen LogP contribution in [-0.2, 0) is 4.79 Å². The molecule has 106 valence electrons. The predicted molar refractivity (Wildman–Crippen MR) is 79.2 cm³/mol. The molecule has 1 N–H and O–H groups in total. The van der Waals surface area contributed by atoms with E-state index in [4.69, 9.17) is 0 Å². The molecule has 1 aliphatic heterocycles. The van der Waals surface area contributed by atoms with Crippen molar-refractivity contribution < 1.29 is 9.90 Å². The molecule has 3 heterocycles. The van der Waals surface area contributed by atoms with Crippen LogP contribution in [0.1, 0.15) is 20.3 Å². The van der Waals surface area contributed by atoms with Gasteiger partial charge in [-0.1, -0.05) is 13.8 Å². The minimum Gasteiger partial charge on any atom is -0.481 e. The van der Waals surface area contributed by atoms with Gasteiger partial charge in [-0.2, -0.15) is 0 Å². The van der Waals surface area contributed by atoms with E-state index in [1.165, 1.54) is 0 Å². The zero-order valence-corrected chi connectivity index (χ0v) is 12.4. The topological polar surface area (TPSA) is 66.3 Å². The van der Waals surface area contributed by atoms with Crippen molar-refractivity contribution in [2.45, 2.75) is 20.3 Å². The van der Waals surface area contributed by atoms with Crippen LogP contribution >= 0.6 is 11.3 Å². The lowest BCUT2D eigenvalue weighted by molar-refractivity contribution is -0.150. The van der Waals surface area contributed by atoms with E-state index in [0.717, 1.165) is 22.6 Å². The molecule has 6 heteroatoms. The van der Waals surface area contributed by atoms with Gasteiger partial charge in [-0.25, -0.2) is 9.97 Å². The summed E-state index contributed by atoms with van der Waals surface area (Å²) >= 11 is 1.60. The molecule has 1 unspecified atom stereocenters. The van der Waals surface area contributed by atoms with Crippen molar-refractivity contribution >= 4 is 33.3 Å². The molecule has 2 aromatic rings. The van der Waals surface area contributed by atoms with Gasteiger partial charge >= 0.3 is 5.97 Å². The van der Waals surface area contributed by atoms with Crippen molar-refractivity contribution in [1.82, 2.24) is 9.97 Å². The molecule has 20 heavy (non-hydrogen) atoms. The van der Waals surface area contributed by atoms with E-state index in [1.54, 1.807) is 17.7 Å². The monoisotopic (exact) mass is 291 g/mol. The molecule has 0 aromatic carbocycles. The van der Waals surface area contributed by atoms with Crippen LogP contribution in [0.25, 0.3) is 10.2 Å². The van der Waals surface area contributed by atoms with Crippen LogP contribution in [0.5, 0.6) is 0 Å². The van der Waals surface area contributed by atoms with Crippen LogP contribution in [0.4, 0.5) is 5.82 Å². The summed E-state index contributed by atoms with van der Waals surface area (Å²) < 4.78 is 1.04. The van der Waals surface area contributed by atoms with E-state index in [2.05, 4.69) is 14.9 Å². The summed E-state index contributed by atoms with van der Waals surface area (Å²) in [5, 5.41) is 11.6. The van der Waals surface area contributed by atoms with Crippen LogP contribution < -0.4 is 4.90 Å². The zero-order chi connectivity index (χ0) is 14.3. The first-order valence-electron chi connectivity index (χ1n) is 6.71. The molecule has 0 saturated carbocycles. The number of fused-ring (bicyclic) bond motifs is 1. The highest BCUT2D eigenvalue weighted by Gasteiger charge is 2.47. The van der Waals surface area contributed by atoms with Gasteiger partial charge in [-0.05, 0) is 23.8 Å². The van der Waals surface area contributed by atoms with Crippen LogP contribution in [0.15, 0.2) is 17.8 Å². The predicted octanol–water partition coefficient (Wildman–Crippen LogP) is 2.63. The highest BCUT2D eigenvalue weighted by atomic mass is 32.1. The van der Waals surface area contributed by atoms with Gasteiger partial charge in [0, 0.05) is 13.1 Å². The maximum Gasteiger partial charge on any atom is 0.311 e. The summed E-state index contributed by atoms with van der Waals surface area (Å²) in [5.74, 6) is 0.269. The third-order valence-electron chi connectivity index (χ3n) is 4.36. The summed E-state index contributed by atoms with van der Waals surface area (Å²) in [5.41, 5.74) is 0.256. The van der Waals surface area contributed by atoms with Crippen LogP contribution in [0.2, 0.25) is 0 Å². The molecule has 1 fully saturated rings. The SMILES string of the molecule is CC(C)C1(C(=O)O)CCN(c2ncnc3ccsc23)C1. The van der Waals surface area contributed by atoms with Crippen LogP contribution in [0, 0.1) is 11.3 Å². The highest BCUT2D eigenvalue weighted by molar-refractivity contribution is 7.17. The van der Waals surface area contributed by atoms with Crippen molar-refractivity contribution in [1.29, 1.82) is 0 Å². The van der Waals surface area contributed by atoms with Crippen LogP contribution in [-0.4, -0.2) is 34.1 Å². The Morgan fingerprint density at radius 1 is 1.50 bits per heavy atom. The third-order valence-corrected chi connectivity index (χ3v) is 5.26. The number of rotatable bonds is 3. The summed E-state index contributed by atoms with van der Waals surface area (Å²) in [6.07, 6.45) is 2.22. The van der Waals surface area contributed by atoms with E-state index in [-0.39, 0.29) is 5.92 Å². The minimum absolute atomic E-state index is 0.102. The quantitative estimate of drug-likeness (QED) is 0.941. The normalized spacial score (nSPS) is 22.9. The number of carbonyl (C=O) groups is 1. The van der Waals surface area contributed by atoms with Gasteiger partial charge in [-0.3, -0.25) is 4.79 Å². The average Bonchev–Trinajstić information content (AvgIpc) is 3.05. The van der Waals surface area contributed by atoms with E-state index < -0.39 is 11.4 Å². The first kappa shape index (κ1) is 13.3. The number of hydrogen-bond acceptors (Lipinski definition) is 5. The Bertz CT molecular complexity index is 655. The molecule has 1 atom stereocenters. The van der Waals surface area contributed by atoms with E-state index >= 15 is 0 Å². The van der Waals surface area contributed by atoms with Crippen molar-refractivity contribution in [2.75, 3.05) is 18.0 Å². The van der Waals surface area contributed by atoms with Gasteiger partial charge in [0.05, 0.1) is 15.6 Å². The molecule has 1 saturated heterocycles. The Kier molecular flexibility index (Phi) is 3.12. The van der Waals surface area contributed by atoms with Gasteiger partial charge in [-0.15, -0.1) is 11.3 Å². The van der Waals surface area contributed by atoms with Gasteiger partial charge in [0.15, 0.2) is 0 Å². The highest BCUT2D eigenvalue weighted by Crippen LogP contribution is 2.41. The number of aromatic nitrogens is 2. The summed E-state index contributed by atoms with van der Waals surface area (Å²) in [6, 6.07) is 1.97. The second-order valence-corrected chi connectivity index (χ2v) is 6.54. The molecule has 0 spiro atoms. The largest absolute Gasteiger partial charge is 0.481 e. The fraction of sp³-hybridized carbons (Fsp3) is 0.500. The number of carboxylic acid groups (broad SMARTS) is 1. The first-order valence-corrected chi connectivity index (χ1v) is 7.59. The molecule has 0 bridgehead atoms. The molecule has 2 aromatic heterocycles. The van der Waals surface area contributed by atoms with Gasteiger partial charge in [0.2, 0.25) is 0 Å². The molecular formula is C14H17N3O2S. The first-order chi connectivity index (χ1) is 9.54. The smallest absolute Gasteiger partial charge is 0.311 e. The minimum atomic E-state index is -0.702. The number of aliphatic carboxylic acids is 1.